The number of benzene rings is 1. The second-order valence-corrected chi connectivity index (χ2v) is 5.20. The maximum Gasteiger partial charge on any atom is 0.224 e. The molecule has 4 nitrogen and oxygen atoms in total. The molecule has 1 fully saturated rings. The predicted octanol–water partition coefficient (Wildman–Crippen LogP) is 1.21. The van der Waals surface area contributed by atoms with E-state index in [1.165, 1.54) is 12.1 Å². The Hall–Kier alpha value is -1.46. The van der Waals surface area contributed by atoms with Gasteiger partial charge in [0, 0.05) is 19.6 Å². The molecule has 1 unspecified atom stereocenters. The van der Waals surface area contributed by atoms with E-state index in [1.54, 1.807) is 12.1 Å². The molecule has 2 rings (SSSR count). The Labute approximate surface area is 118 Å². The summed E-state index contributed by atoms with van der Waals surface area (Å²) in [6.07, 6.45) is 1.30. The Morgan fingerprint density at radius 3 is 2.90 bits per heavy atom. The van der Waals surface area contributed by atoms with Crippen LogP contribution in [0.25, 0.3) is 0 Å². The second kappa shape index (κ2) is 7.36. The molecule has 1 aromatic carbocycles. The smallest absolute Gasteiger partial charge is 0.224 e. The summed E-state index contributed by atoms with van der Waals surface area (Å²) >= 11 is 0. The van der Waals surface area contributed by atoms with E-state index in [-0.39, 0.29) is 24.2 Å². The molecule has 0 spiro atoms. The third-order valence-corrected chi connectivity index (χ3v) is 3.41. The van der Waals surface area contributed by atoms with Crippen molar-refractivity contribution >= 4 is 5.91 Å². The van der Waals surface area contributed by atoms with Crippen LogP contribution in [-0.2, 0) is 16.0 Å². The fourth-order valence-electron chi connectivity index (χ4n) is 2.26. The third kappa shape index (κ3) is 4.90. The fraction of sp³-hybridized carbons (Fsp3) is 0.533. The lowest BCUT2D eigenvalue weighted by molar-refractivity contribution is -0.120. The lowest BCUT2D eigenvalue weighted by Crippen LogP contribution is -2.41. The average molecular weight is 280 g/mol. The van der Waals surface area contributed by atoms with Crippen LogP contribution in [-0.4, -0.2) is 50.2 Å². The van der Waals surface area contributed by atoms with E-state index < -0.39 is 0 Å². The van der Waals surface area contributed by atoms with Gasteiger partial charge in [-0.3, -0.25) is 4.79 Å². The summed E-state index contributed by atoms with van der Waals surface area (Å²) in [5, 5.41) is 2.88. The number of morpholine rings is 1. The number of amides is 1. The fourth-order valence-corrected chi connectivity index (χ4v) is 2.26. The van der Waals surface area contributed by atoms with Crippen molar-refractivity contribution in [1.29, 1.82) is 0 Å². The highest BCUT2D eigenvalue weighted by Gasteiger charge is 2.17. The number of hydrogen-bond acceptors (Lipinski definition) is 3. The van der Waals surface area contributed by atoms with Crippen molar-refractivity contribution < 1.29 is 13.9 Å². The monoisotopic (exact) mass is 280 g/mol. The molecular weight excluding hydrogens is 259 g/mol. The quantitative estimate of drug-likeness (QED) is 0.881. The first-order chi connectivity index (χ1) is 9.63. The van der Waals surface area contributed by atoms with Gasteiger partial charge >= 0.3 is 0 Å². The number of carbonyl (C=O) groups is 1. The third-order valence-electron chi connectivity index (χ3n) is 3.41. The average Bonchev–Trinajstić information content (AvgIpc) is 2.41. The minimum atomic E-state index is -0.285. The topological polar surface area (TPSA) is 41.6 Å². The zero-order valence-electron chi connectivity index (χ0n) is 11.8. The van der Waals surface area contributed by atoms with Crippen molar-refractivity contribution in [3.8, 4) is 0 Å². The van der Waals surface area contributed by atoms with E-state index >= 15 is 0 Å². The van der Waals surface area contributed by atoms with Crippen LogP contribution >= 0.6 is 0 Å². The van der Waals surface area contributed by atoms with E-state index in [0.29, 0.717) is 6.54 Å². The van der Waals surface area contributed by atoms with Crippen LogP contribution in [0.15, 0.2) is 24.3 Å². The minimum Gasteiger partial charge on any atom is -0.375 e. The Morgan fingerprint density at radius 2 is 2.20 bits per heavy atom. The SMILES string of the molecule is CN1CCOC(CCNC(=O)Cc2ccc(F)cc2)C1. The number of rotatable bonds is 5. The summed E-state index contributed by atoms with van der Waals surface area (Å²) in [7, 11) is 2.07. The minimum absolute atomic E-state index is 0.0410. The summed E-state index contributed by atoms with van der Waals surface area (Å²) in [5.74, 6) is -0.325. The Morgan fingerprint density at radius 1 is 1.45 bits per heavy atom. The maximum absolute atomic E-state index is 12.7. The van der Waals surface area contributed by atoms with Gasteiger partial charge in [-0.2, -0.15) is 0 Å². The highest BCUT2D eigenvalue weighted by atomic mass is 19.1. The molecule has 1 aliphatic heterocycles. The lowest BCUT2D eigenvalue weighted by Gasteiger charge is -2.30. The molecule has 20 heavy (non-hydrogen) atoms. The van der Waals surface area contributed by atoms with E-state index in [9.17, 15) is 9.18 Å². The van der Waals surface area contributed by atoms with Crippen LogP contribution in [0.3, 0.4) is 0 Å². The van der Waals surface area contributed by atoms with Crippen LogP contribution in [0.1, 0.15) is 12.0 Å². The number of likely N-dealkylation sites (N-methyl/N-ethyl adjacent to an activating group) is 1. The summed E-state index contributed by atoms with van der Waals surface area (Å²) in [5.41, 5.74) is 0.817. The summed E-state index contributed by atoms with van der Waals surface area (Å²) < 4.78 is 18.4. The Balaban J connectivity index is 1.66. The van der Waals surface area contributed by atoms with Crippen LogP contribution in [0.4, 0.5) is 4.39 Å². The first kappa shape index (κ1) is 14.9. The summed E-state index contributed by atoms with van der Waals surface area (Å²) in [6, 6.07) is 6.00. The highest BCUT2D eigenvalue weighted by Crippen LogP contribution is 2.06. The maximum atomic E-state index is 12.7. The van der Waals surface area contributed by atoms with Crippen molar-refractivity contribution in [3.05, 3.63) is 35.6 Å². The molecule has 1 aromatic rings. The van der Waals surface area contributed by atoms with Gasteiger partial charge in [-0.1, -0.05) is 12.1 Å². The number of halogens is 1. The molecule has 110 valence electrons. The van der Waals surface area contributed by atoms with Gasteiger partial charge in [0.1, 0.15) is 5.82 Å². The van der Waals surface area contributed by atoms with E-state index in [0.717, 1.165) is 31.7 Å². The predicted molar refractivity (Wildman–Crippen MR) is 75.0 cm³/mol. The Kier molecular flexibility index (Phi) is 5.49. The van der Waals surface area contributed by atoms with Crippen molar-refractivity contribution in [2.45, 2.75) is 18.9 Å². The largest absolute Gasteiger partial charge is 0.375 e. The zero-order chi connectivity index (χ0) is 14.4. The van der Waals surface area contributed by atoms with Gasteiger partial charge in [0.25, 0.3) is 0 Å². The van der Waals surface area contributed by atoms with Gasteiger partial charge < -0.3 is 15.0 Å². The van der Waals surface area contributed by atoms with Crippen molar-refractivity contribution in [1.82, 2.24) is 10.2 Å². The van der Waals surface area contributed by atoms with Gasteiger partial charge in [-0.15, -0.1) is 0 Å². The normalized spacial score (nSPS) is 19.8. The summed E-state index contributed by atoms with van der Waals surface area (Å²) in [6.45, 7) is 3.24. The molecule has 1 heterocycles. The first-order valence-electron chi connectivity index (χ1n) is 6.95. The number of nitrogens with zero attached hydrogens (tertiary/aromatic N) is 1. The number of ether oxygens (including phenoxy) is 1. The molecule has 0 saturated carbocycles. The van der Waals surface area contributed by atoms with Crippen molar-refractivity contribution in [2.75, 3.05) is 33.3 Å². The molecule has 5 heteroatoms. The molecule has 1 aliphatic rings. The molecule has 1 saturated heterocycles. The molecule has 0 bridgehead atoms. The second-order valence-electron chi connectivity index (χ2n) is 5.20. The van der Waals surface area contributed by atoms with Crippen LogP contribution < -0.4 is 5.32 Å². The van der Waals surface area contributed by atoms with Crippen molar-refractivity contribution in [3.63, 3.8) is 0 Å². The zero-order valence-corrected chi connectivity index (χ0v) is 11.8. The van der Waals surface area contributed by atoms with Gasteiger partial charge in [-0.05, 0) is 31.2 Å². The number of hydrogen-bond donors (Lipinski definition) is 1. The molecule has 0 aromatic heterocycles. The molecular formula is C15H21FN2O2. The summed E-state index contributed by atoms with van der Waals surface area (Å²) in [4.78, 5) is 14.0. The van der Waals surface area contributed by atoms with Gasteiger partial charge in [0.15, 0.2) is 0 Å². The van der Waals surface area contributed by atoms with Gasteiger partial charge in [0.05, 0.1) is 19.1 Å². The molecule has 1 N–H and O–H groups in total. The standard InChI is InChI=1S/C15H21FN2O2/c1-18-8-9-20-14(11-18)6-7-17-15(19)10-12-2-4-13(16)5-3-12/h2-5,14H,6-11H2,1H3,(H,17,19). The molecule has 0 aliphatic carbocycles. The van der Waals surface area contributed by atoms with Gasteiger partial charge in [-0.25, -0.2) is 4.39 Å². The van der Waals surface area contributed by atoms with Crippen LogP contribution in [0, 0.1) is 5.82 Å². The number of nitrogens with one attached hydrogen (secondary N) is 1. The van der Waals surface area contributed by atoms with Crippen LogP contribution in [0.5, 0.6) is 0 Å². The first-order valence-corrected chi connectivity index (χ1v) is 6.95. The lowest BCUT2D eigenvalue weighted by atomic mass is 10.1. The number of carbonyl (C=O) groups excluding carboxylic acids is 1. The van der Waals surface area contributed by atoms with E-state index in [1.807, 2.05) is 0 Å². The molecule has 0 radical (unpaired) electrons. The Bertz CT molecular complexity index is 436. The van der Waals surface area contributed by atoms with E-state index in [4.69, 9.17) is 4.74 Å². The van der Waals surface area contributed by atoms with Gasteiger partial charge in [0.2, 0.25) is 5.91 Å². The molecule has 1 atom stereocenters. The van der Waals surface area contributed by atoms with Crippen molar-refractivity contribution in [2.24, 2.45) is 0 Å². The molecule has 1 amide bonds. The van der Waals surface area contributed by atoms with E-state index in [2.05, 4.69) is 17.3 Å². The van der Waals surface area contributed by atoms with Crippen LogP contribution in [0.2, 0.25) is 0 Å². The highest BCUT2D eigenvalue weighted by molar-refractivity contribution is 5.78.